The second-order valence-electron chi connectivity index (χ2n) is 8.20. The molecule has 1 saturated heterocycles. The normalized spacial score (nSPS) is 16.3. The Morgan fingerprint density at radius 3 is 2.69 bits per heavy atom. The highest BCUT2D eigenvalue weighted by Crippen LogP contribution is 2.45. The van der Waals surface area contributed by atoms with E-state index in [4.69, 9.17) is 9.88 Å². The van der Waals surface area contributed by atoms with E-state index >= 15 is 4.39 Å². The van der Waals surface area contributed by atoms with E-state index in [1.54, 1.807) is 14.0 Å². The first-order valence-corrected chi connectivity index (χ1v) is 13.0. The smallest absolute Gasteiger partial charge is 0.274 e. The van der Waals surface area contributed by atoms with Gasteiger partial charge in [0.25, 0.3) is 21.5 Å². The van der Waals surface area contributed by atoms with Gasteiger partial charge in [-0.25, -0.2) is 17.9 Å². The molecule has 11 nitrogen and oxygen atoms in total. The average Bonchev–Trinajstić information content (AvgIpc) is 3.46. The molecule has 0 aliphatic carbocycles. The fourth-order valence-corrected chi connectivity index (χ4v) is 5.94. The number of likely N-dealkylation sites (tertiary alicyclic amines) is 1. The van der Waals surface area contributed by atoms with Gasteiger partial charge in [-0.1, -0.05) is 0 Å². The van der Waals surface area contributed by atoms with Crippen molar-refractivity contribution in [2.45, 2.75) is 30.0 Å². The summed E-state index contributed by atoms with van der Waals surface area (Å²) < 4.78 is 45.8. The Kier molecular flexibility index (Phi) is 6.46. The summed E-state index contributed by atoms with van der Waals surface area (Å²) in [5, 5.41) is 8.16. The molecule has 4 heterocycles. The molecule has 1 aliphatic heterocycles. The number of carbonyl (C=O) groups is 2. The number of likely N-dealkylation sites (N-methyl/N-ethyl adjacent to an activating group) is 1. The summed E-state index contributed by atoms with van der Waals surface area (Å²) in [7, 11) is -1.34. The first kappa shape index (κ1) is 24.9. The van der Waals surface area contributed by atoms with E-state index in [2.05, 4.69) is 10.3 Å². The number of nitrogens with two attached hydrogens (primary N) is 1. The Morgan fingerprint density at radius 1 is 1.37 bits per heavy atom. The number of amides is 2. The molecule has 188 valence electrons. The van der Waals surface area contributed by atoms with Gasteiger partial charge in [0, 0.05) is 44.2 Å². The molecule has 14 heteroatoms. The number of nitrogens with zero attached hydrogens (tertiary/aromatic N) is 2. The Labute approximate surface area is 203 Å². The van der Waals surface area contributed by atoms with Gasteiger partial charge in [0.2, 0.25) is 5.91 Å². The number of aromatic nitrogens is 2. The summed E-state index contributed by atoms with van der Waals surface area (Å²) in [5.74, 6) is -2.02. The van der Waals surface area contributed by atoms with Gasteiger partial charge in [-0.2, -0.15) is 0 Å². The highest BCUT2D eigenvalue weighted by molar-refractivity contribution is 7.91. The number of carbonyl (C=O) groups excluding carboxylic acids is 2. The Bertz CT molecular complexity index is 1510. The molecule has 0 radical (unpaired) electrons. The summed E-state index contributed by atoms with van der Waals surface area (Å²) in [5.41, 5.74) is 0.0445. The number of aromatic amines is 1. The van der Waals surface area contributed by atoms with Crippen LogP contribution in [-0.4, -0.2) is 60.9 Å². The lowest BCUT2D eigenvalue weighted by molar-refractivity contribution is -0.127. The molecule has 35 heavy (non-hydrogen) atoms. The van der Waals surface area contributed by atoms with Crippen LogP contribution in [0, 0.1) is 5.82 Å². The van der Waals surface area contributed by atoms with Crippen LogP contribution in [0.3, 0.4) is 0 Å². The first-order valence-electron chi connectivity index (χ1n) is 10.7. The molecule has 4 N–H and O–H groups in total. The molecular formula is C21H24FN5O6S2. The number of pyridine rings is 1. The summed E-state index contributed by atoms with van der Waals surface area (Å²) >= 11 is 0.564. The Balaban J connectivity index is 1.89. The maximum Gasteiger partial charge on any atom is 0.274 e. The third kappa shape index (κ3) is 4.44. The summed E-state index contributed by atoms with van der Waals surface area (Å²) in [6.07, 6.45) is 2.26. The van der Waals surface area contributed by atoms with Crippen LogP contribution in [-0.2, 0) is 21.9 Å². The van der Waals surface area contributed by atoms with Crippen molar-refractivity contribution >= 4 is 44.1 Å². The number of thiophene rings is 1. The van der Waals surface area contributed by atoms with Crippen molar-refractivity contribution in [2.75, 3.05) is 20.2 Å². The minimum atomic E-state index is -4.43. The van der Waals surface area contributed by atoms with E-state index in [1.807, 2.05) is 0 Å². The van der Waals surface area contributed by atoms with E-state index in [-0.39, 0.29) is 51.3 Å². The largest absolute Gasteiger partial charge is 0.487 e. The third-order valence-corrected chi connectivity index (χ3v) is 8.50. The zero-order valence-corrected chi connectivity index (χ0v) is 20.8. The van der Waals surface area contributed by atoms with Crippen molar-refractivity contribution in [1.82, 2.24) is 19.8 Å². The van der Waals surface area contributed by atoms with Crippen molar-refractivity contribution in [3.05, 3.63) is 34.1 Å². The fourth-order valence-electron chi connectivity index (χ4n) is 4.00. The van der Waals surface area contributed by atoms with Crippen molar-refractivity contribution in [3.8, 4) is 16.2 Å². The number of sulfonamides is 1. The SMILES string of the molecule is CCNC(=O)c1cc2c(-c3sc(S(N)(=O)=O)c(F)c3OCC3CCC(=O)N3C)cn(C)c(=O)c2[nH]1. The van der Waals surface area contributed by atoms with Crippen molar-refractivity contribution in [2.24, 2.45) is 12.2 Å². The Hall–Kier alpha value is -3.23. The number of hydrogen-bond donors (Lipinski definition) is 3. The van der Waals surface area contributed by atoms with Gasteiger partial charge < -0.3 is 24.5 Å². The molecule has 0 spiro atoms. The molecule has 1 fully saturated rings. The number of ether oxygens (including phenoxy) is 1. The van der Waals surface area contributed by atoms with Gasteiger partial charge in [-0.15, -0.1) is 11.3 Å². The van der Waals surface area contributed by atoms with Crippen LogP contribution in [0.25, 0.3) is 21.3 Å². The van der Waals surface area contributed by atoms with Gasteiger partial charge in [-0.05, 0) is 19.4 Å². The van der Waals surface area contributed by atoms with Crippen LogP contribution in [0.15, 0.2) is 21.3 Å². The molecule has 1 atom stereocenters. The van der Waals surface area contributed by atoms with Crippen LogP contribution < -0.4 is 20.8 Å². The number of nitrogens with one attached hydrogen (secondary N) is 2. The zero-order chi connectivity index (χ0) is 25.7. The molecule has 3 aromatic heterocycles. The second kappa shape index (κ2) is 9.09. The molecule has 2 amide bonds. The van der Waals surface area contributed by atoms with E-state index in [0.29, 0.717) is 30.7 Å². The zero-order valence-electron chi connectivity index (χ0n) is 19.2. The van der Waals surface area contributed by atoms with E-state index < -0.39 is 31.5 Å². The number of fused-ring (bicyclic) bond motifs is 1. The summed E-state index contributed by atoms with van der Waals surface area (Å²) in [6, 6.07) is 1.13. The number of rotatable bonds is 7. The van der Waals surface area contributed by atoms with Crippen LogP contribution in [0.5, 0.6) is 5.75 Å². The fraction of sp³-hybridized carbons (Fsp3) is 0.381. The summed E-state index contributed by atoms with van der Waals surface area (Å²) in [4.78, 5) is 41.3. The summed E-state index contributed by atoms with van der Waals surface area (Å²) in [6.45, 7) is 2.04. The molecule has 0 bridgehead atoms. The molecule has 3 aromatic rings. The maximum atomic E-state index is 15.3. The molecule has 1 unspecified atom stereocenters. The van der Waals surface area contributed by atoms with Crippen LogP contribution in [0.1, 0.15) is 30.3 Å². The molecular weight excluding hydrogens is 501 g/mol. The molecule has 0 saturated carbocycles. The van der Waals surface area contributed by atoms with Crippen molar-refractivity contribution in [3.63, 3.8) is 0 Å². The third-order valence-electron chi connectivity index (χ3n) is 5.88. The van der Waals surface area contributed by atoms with Crippen LogP contribution >= 0.6 is 11.3 Å². The van der Waals surface area contributed by atoms with Crippen LogP contribution in [0.2, 0.25) is 0 Å². The monoisotopic (exact) mass is 525 g/mol. The van der Waals surface area contributed by atoms with Gasteiger partial charge in [0.1, 0.15) is 17.8 Å². The number of hydrogen-bond acceptors (Lipinski definition) is 7. The lowest BCUT2D eigenvalue weighted by Gasteiger charge is -2.20. The van der Waals surface area contributed by atoms with Crippen molar-refractivity contribution < 1.29 is 27.1 Å². The predicted octanol–water partition coefficient (Wildman–Crippen LogP) is 1.13. The van der Waals surface area contributed by atoms with Crippen LogP contribution in [0.4, 0.5) is 4.39 Å². The van der Waals surface area contributed by atoms with Gasteiger partial charge in [-0.3, -0.25) is 14.4 Å². The minimum Gasteiger partial charge on any atom is -0.487 e. The van der Waals surface area contributed by atoms with E-state index in [1.165, 1.54) is 28.8 Å². The number of primary sulfonamides is 1. The number of aryl methyl sites for hydroxylation is 1. The first-order chi connectivity index (χ1) is 16.4. The van der Waals surface area contributed by atoms with E-state index in [0.717, 1.165) is 0 Å². The van der Waals surface area contributed by atoms with Gasteiger partial charge >= 0.3 is 0 Å². The lowest BCUT2D eigenvalue weighted by atomic mass is 10.1. The van der Waals surface area contributed by atoms with Gasteiger partial charge in [0.05, 0.1) is 10.9 Å². The topological polar surface area (TPSA) is 157 Å². The highest BCUT2D eigenvalue weighted by atomic mass is 32.2. The van der Waals surface area contributed by atoms with E-state index in [9.17, 15) is 22.8 Å². The maximum absolute atomic E-state index is 15.3. The molecule has 0 aromatic carbocycles. The molecule has 4 rings (SSSR count). The highest BCUT2D eigenvalue weighted by Gasteiger charge is 2.32. The second-order valence-corrected chi connectivity index (χ2v) is 11.0. The predicted molar refractivity (Wildman–Crippen MR) is 127 cm³/mol. The lowest BCUT2D eigenvalue weighted by Crippen LogP contribution is -2.33. The minimum absolute atomic E-state index is 0.0696. The quantitative estimate of drug-likeness (QED) is 0.420. The number of halogens is 1. The average molecular weight is 526 g/mol. The number of H-pyrrole nitrogens is 1. The standard InChI is InChI=1S/C21H24FN5O6S2/c1-4-24-19(29)13-7-11-12(8-26(2)20(30)16(11)25-13)18-17(15(22)21(34-18)35(23,31)32)33-9-10-5-6-14(28)27(10)3/h7-8,10,25H,4-6,9H2,1-3H3,(H,24,29)(H2,23,31,32). The van der Waals surface area contributed by atoms with Crippen molar-refractivity contribution in [1.29, 1.82) is 0 Å². The van der Waals surface area contributed by atoms with Gasteiger partial charge in [0.15, 0.2) is 15.8 Å². The molecule has 1 aliphatic rings. The Morgan fingerprint density at radius 2 is 2.09 bits per heavy atom.